The molecule has 0 aliphatic carbocycles. The minimum absolute atomic E-state index is 0.165. The molecule has 0 aromatic heterocycles. The lowest BCUT2D eigenvalue weighted by molar-refractivity contribution is -0.289. The van der Waals surface area contributed by atoms with Crippen molar-refractivity contribution in [1.29, 1.82) is 0 Å². The molecule has 1 saturated heterocycles. The van der Waals surface area contributed by atoms with E-state index in [4.69, 9.17) is 28.4 Å². The Morgan fingerprint density at radius 3 is 1.80 bits per heavy atom. The summed E-state index contributed by atoms with van der Waals surface area (Å²) in [6, 6.07) is 16.7. The lowest BCUT2D eigenvalue weighted by atomic mass is 9.96. The molecule has 12 heteroatoms. The quantitative estimate of drug-likeness (QED) is 0.276. The normalized spacial score (nSPS) is 22.4. The Morgan fingerprint density at radius 2 is 1.33 bits per heavy atom. The van der Waals surface area contributed by atoms with E-state index in [0.29, 0.717) is 0 Å². The standard InChI is InChI=1S/C34H48N2O10/c1-22(38)35-27-29(42-20-24-16-12-9-13-17-24)28(41-19-23-14-10-8-11-15-23)26(18-37)44-31(27)43-21-25(30(39)45-33(2,3)4)36-32(40)46-34(5,6)7/h8-17,25-29,31,37H,18-21H2,1-7H3,(H,35,38)(H,36,40)/t25-,26+,27+,28-,29+,31-/m0/s1. The van der Waals surface area contributed by atoms with Gasteiger partial charge in [0.25, 0.3) is 0 Å². The highest BCUT2D eigenvalue weighted by molar-refractivity contribution is 5.81. The predicted octanol–water partition coefficient (Wildman–Crippen LogP) is 3.63. The molecule has 1 heterocycles. The monoisotopic (exact) mass is 644 g/mol. The number of hydrogen-bond acceptors (Lipinski definition) is 10. The molecule has 1 aliphatic heterocycles. The maximum Gasteiger partial charge on any atom is 0.408 e. The van der Waals surface area contributed by atoms with Gasteiger partial charge in [0.15, 0.2) is 12.3 Å². The molecule has 0 bridgehead atoms. The fourth-order valence-corrected chi connectivity index (χ4v) is 4.70. The smallest absolute Gasteiger partial charge is 0.408 e. The summed E-state index contributed by atoms with van der Waals surface area (Å²) in [6.45, 7) is 11.0. The number of ether oxygens (including phenoxy) is 6. The molecule has 0 unspecified atom stereocenters. The molecule has 0 spiro atoms. The molecule has 3 N–H and O–H groups in total. The van der Waals surface area contributed by atoms with Crippen molar-refractivity contribution in [2.24, 2.45) is 0 Å². The summed E-state index contributed by atoms with van der Waals surface area (Å²) in [6.07, 6.45) is -4.68. The van der Waals surface area contributed by atoms with Crippen molar-refractivity contribution in [2.75, 3.05) is 13.2 Å². The van der Waals surface area contributed by atoms with E-state index in [-0.39, 0.29) is 13.2 Å². The highest BCUT2D eigenvalue weighted by atomic mass is 16.7. The van der Waals surface area contributed by atoms with Crippen LogP contribution in [0.5, 0.6) is 0 Å². The van der Waals surface area contributed by atoms with Gasteiger partial charge in [-0.3, -0.25) is 4.79 Å². The van der Waals surface area contributed by atoms with E-state index >= 15 is 0 Å². The van der Waals surface area contributed by atoms with Crippen LogP contribution in [0, 0.1) is 0 Å². The second-order valence-corrected chi connectivity index (χ2v) is 13.0. The highest BCUT2D eigenvalue weighted by Crippen LogP contribution is 2.29. The molecule has 12 nitrogen and oxygen atoms in total. The molecular weight excluding hydrogens is 596 g/mol. The summed E-state index contributed by atoms with van der Waals surface area (Å²) >= 11 is 0. The van der Waals surface area contributed by atoms with Gasteiger partial charge in [-0.1, -0.05) is 60.7 Å². The Balaban J connectivity index is 1.89. The van der Waals surface area contributed by atoms with E-state index in [1.807, 2.05) is 60.7 Å². The Bertz CT molecular complexity index is 1250. The topological polar surface area (TPSA) is 151 Å². The average molecular weight is 645 g/mol. The van der Waals surface area contributed by atoms with Gasteiger partial charge in [-0.15, -0.1) is 0 Å². The number of amides is 2. The number of aliphatic hydroxyl groups excluding tert-OH is 1. The van der Waals surface area contributed by atoms with E-state index in [9.17, 15) is 19.5 Å². The lowest BCUT2D eigenvalue weighted by Gasteiger charge is -2.46. The number of alkyl carbamates (subject to hydrolysis) is 1. The summed E-state index contributed by atoms with van der Waals surface area (Å²) in [4.78, 5) is 38.3. The SMILES string of the molecule is CC(=O)N[C@H]1[C@@H](OC[C@H](NC(=O)OC(C)(C)C)C(=O)OC(C)(C)C)O[C@H](CO)[C@H](OCc2ccccc2)[C@@H]1OCc1ccccc1. The largest absolute Gasteiger partial charge is 0.458 e. The Morgan fingerprint density at radius 1 is 0.804 bits per heavy atom. The van der Waals surface area contributed by atoms with Gasteiger partial charge in [0.1, 0.15) is 35.6 Å². The highest BCUT2D eigenvalue weighted by Gasteiger charge is 2.49. The van der Waals surface area contributed by atoms with Gasteiger partial charge in [0, 0.05) is 6.92 Å². The van der Waals surface area contributed by atoms with Gasteiger partial charge in [0.2, 0.25) is 5.91 Å². The van der Waals surface area contributed by atoms with Crippen molar-refractivity contribution < 1.29 is 47.9 Å². The van der Waals surface area contributed by atoms with Gasteiger partial charge in [-0.2, -0.15) is 0 Å². The van der Waals surface area contributed by atoms with Gasteiger partial charge in [-0.05, 0) is 52.7 Å². The summed E-state index contributed by atoms with van der Waals surface area (Å²) < 4.78 is 35.8. The van der Waals surface area contributed by atoms with Crippen molar-refractivity contribution >= 4 is 18.0 Å². The molecule has 2 aromatic carbocycles. The first-order chi connectivity index (χ1) is 21.6. The lowest BCUT2D eigenvalue weighted by Crippen LogP contribution is -2.66. The van der Waals surface area contributed by atoms with Crippen molar-refractivity contribution in [3.8, 4) is 0 Å². The third kappa shape index (κ3) is 12.3. The molecule has 0 saturated carbocycles. The molecule has 254 valence electrons. The number of benzene rings is 2. The summed E-state index contributed by atoms with van der Waals surface area (Å²) in [7, 11) is 0. The minimum atomic E-state index is -1.29. The second-order valence-electron chi connectivity index (χ2n) is 13.0. The van der Waals surface area contributed by atoms with Crippen molar-refractivity contribution in [3.05, 3.63) is 71.8 Å². The van der Waals surface area contributed by atoms with Crippen LogP contribution in [0.3, 0.4) is 0 Å². The van der Waals surface area contributed by atoms with Crippen molar-refractivity contribution in [2.45, 2.75) is 110 Å². The van der Waals surface area contributed by atoms with Gasteiger partial charge < -0.3 is 44.2 Å². The van der Waals surface area contributed by atoms with Crippen LogP contribution in [0.25, 0.3) is 0 Å². The first kappa shape index (κ1) is 36.9. The number of carbonyl (C=O) groups excluding carboxylic acids is 3. The average Bonchev–Trinajstić information content (AvgIpc) is 2.97. The van der Waals surface area contributed by atoms with Crippen molar-refractivity contribution in [3.63, 3.8) is 0 Å². The fourth-order valence-electron chi connectivity index (χ4n) is 4.70. The molecule has 46 heavy (non-hydrogen) atoms. The second kappa shape index (κ2) is 16.8. The zero-order valence-corrected chi connectivity index (χ0v) is 27.7. The van der Waals surface area contributed by atoms with E-state index < -0.39 is 79.1 Å². The van der Waals surface area contributed by atoms with Crippen molar-refractivity contribution in [1.82, 2.24) is 10.6 Å². The van der Waals surface area contributed by atoms with E-state index in [0.717, 1.165) is 11.1 Å². The maximum atomic E-state index is 13.1. The van der Waals surface area contributed by atoms with E-state index in [1.165, 1.54) is 6.92 Å². The Labute approximate surface area is 271 Å². The van der Waals surface area contributed by atoms with Gasteiger partial charge in [-0.25, -0.2) is 9.59 Å². The molecule has 2 amide bonds. The first-order valence-electron chi connectivity index (χ1n) is 15.3. The molecule has 3 rings (SSSR count). The Kier molecular flexibility index (Phi) is 13.5. The zero-order chi connectivity index (χ0) is 33.9. The van der Waals surface area contributed by atoms with Crippen LogP contribution in [0.4, 0.5) is 4.79 Å². The van der Waals surface area contributed by atoms with E-state index in [2.05, 4.69) is 10.6 Å². The van der Waals surface area contributed by atoms with Crippen LogP contribution in [0.2, 0.25) is 0 Å². The zero-order valence-electron chi connectivity index (χ0n) is 27.7. The van der Waals surface area contributed by atoms with Crippen LogP contribution in [0.1, 0.15) is 59.6 Å². The van der Waals surface area contributed by atoms with E-state index in [1.54, 1.807) is 41.5 Å². The Hall–Kier alpha value is -3.55. The minimum Gasteiger partial charge on any atom is -0.458 e. The number of esters is 1. The molecule has 2 aromatic rings. The molecule has 6 atom stereocenters. The van der Waals surface area contributed by atoms with Crippen LogP contribution in [-0.4, -0.2) is 84.2 Å². The maximum absolute atomic E-state index is 13.1. The third-order valence-electron chi connectivity index (χ3n) is 6.58. The number of rotatable bonds is 13. The number of nitrogens with one attached hydrogen (secondary N) is 2. The first-order valence-corrected chi connectivity index (χ1v) is 15.3. The summed E-state index contributed by atoms with van der Waals surface area (Å²) in [5, 5.41) is 15.8. The summed E-state index contributed by atoms with van der Waals surface area (Å²) in [5.41, 5.74) is 0.0942. The predicted molar refractivity (Wildman–Crippen MR) is 168 cm³/mol. The molecular formula is C34H48N2O10. The van der Waals surface area contributed by atoms with Crippen LogP contribution in [-0.2, 0) is 51.2 Å². The van der Waals surface area contributed by atoms with Crippen LogP contribution in [0.15, 0.2) is 60.7 Å². The number of hydrogen-bond donors (Lipinski definition) is 3. The fraction of sp³-hybridized carbons (Fsp3) is 0.559. The molecule has 1 fully saturated rings. The van der Waals surface area contributed by atoms with Gasteiger partial charge in [0.05, 0.1) is 26.4 Å². The number of carbonyl (C=O) groups is 3. The molecule has 1 aliphatic rings. The third-order valence-corrected chi connectivity index (χ3v) is 6.58. The number of aliphatic hydroxyl groups is 1. The molecule has 0 radical (unpaired) electrons. The van der Waals surface area contributed by atoms with Crippen LogP contribution >= 0.6 is 0 Å². The summed E-state index contributed by atoms with van der Waals surface area (Å²) in [5.74, 6) is -1.15. The van der Waals surface area contributed by atoms with Gasteiger partial charge >= 0.3 is 12.1 Å². The van der Waals surface area contributed by atoms with Crippen LogP contribution < -0.4 is 10.6 Å².